The Morgan fingerprint density at radius 3 is 2.77 bits per heavy atom. The van der Waals surface area contributed by atoms with Crippen LogP contribution in [0.4, 0.5) is 5.69 Å². The van der Waals surface area contributed by atoms with Gasteiger partial charge in [-0.25, -0.2) is 4.98 Å². The number of benzene rings is 1. The highest BCUT2D eigenvalue weighted by molar-refractivity contribution is 5.81. The Hall–Kier alpha value is -3.34. The minimum Gasteiger partial charge on any atom is -0.372 e. The lowest BCUT2D eigenvalue weighted by Crippen LogP contribution is -2.16. The standard InChI is InChI=1S/C15H10N6O/c16-6-10(7-17)13(8-18)19-11-1-2-14-12(5-11)20-15-9-22-4-3-21(14)15/h1-2,5,19H,3-4,9H2. The van der Waals surface area contributed by atoms with E-state index in [2.05, 4.69) is 14.9 Å². The Labute approximate surface area is 126 Å². The van der Waals surface area contributed by atoms with E-state index in [4.69, 9.17) is 20.5 Å². The summed E-state index contributed by atoms with van der Waals surface area (Å²) in [5.41, 5.74) is 2.05. The van der Waals surface area contributed by atoms with E-state index in [0.717, 1.165) is 23.4 Å². The van der Waals surface area contributed by atoms with E-state index in [1.54, 1.807) is 24.3 Å². The quantitative estimate of drug-likeness (QED) is 0.844. The van der Waals surface area contributed by atoms with Gasteiger partial charge in [-0.05, 0) is 18.2 Å². The van der Waals surface area contributed by atoms with E-state index >= 15 is 0 Å². The molecular weight excluding hydrogens is 280 g/mol. The number of nitrogens with zero attached hydrogens (tertiary/aromatic N) is 5. The third kappa shape index (κ3) is 2.25. The summed E-state index contributed by atoms with van der Waals surface area (Å²) < 4.78 is 7.47. The summed E-state index contributed by atoms with van der Waals surface area (Å²) >= 11 is 0. The van der Waals surface area contributed by atoms with Gasteiger partial charge < -0.3 is 14.6 Å². The van der Waals surface area contributed by atoms with Crippen molar-refractivity contribution in [2.24, 2.45) is 0 Å². The molecule has 0 aliphatic carbocycles. The van der Waals surface area contributed by atoms with E-state index in [-0.39, 0.29) is 11.3 Å². The Morgan fingerprint density at radius 1 is 1.23 bits per heavy atom. The highest BCUT2D eigenvalue weighted by Gasteiger charge is 2.15. The van der Waals surface area contributed by atoms with Gasteiger partial charge in [-0.2, -0.15) is 15.8 Å². The number of aromatic nitrogens is 2. The van der Waals surface area contributed by atoms with Crippen LogP contribution in [-0.2, 0) is 17.9 Å². The number of nitrogens with one attached hydrogen (secondary N) is 1. The zero-order valence-electron chi connectivity index (χ0n) is 11.5. The molecule has 1 aromatic heterocycles. The van der Waals surface area contributed by atoms with Crippen molar-refractivity contribution in [3.63, 3.8) is 0 Å². The van der Waals surface area contributed by atoms with E-state index in [9.17, 15) is 0 Å². The lowest BCUT2D eigenvalue weighted by Gasteiger charge is -2.14. The van der Waals surface area contributed by atoms with Gasteiger partial charge in [0, 0.05) is 12.2 Å². The van der Waals surface area contributed by atoms with Crippen LogP contribution in [-0.4, -0.2) is 16.2 Å². The SMILES string of the molecule is N#CC(C#N)=C(C#N)Nc1ccc2c(c1)nc1n2CCOC1. The first-order valence-electron chi connectivity index (χ1n) is 6.55. The number of imidazole rings is 1. The number of hydrogen-bond acceptors (Lipinski definition) is 6. The first kappa shape index (κ1) is 13.6. The Balaban J connectivity index is 2.00. The average Bonchev–Trinajstić information content (AvgIpc) is 2.92. The lowest BCUT2D eigenvalue weighted by molar-refractivity contribution is 0.0830. The molecule has 1 N–H and O–H groups in total. The molecule has 0 unspecified atom stereocenters. The fourth-order valence-electron chi connectivity index (χ4n) is 2.36. The molecule has 1 aliphatic heterocycles. The maximum atomic E-state index is 9.06. The largest absolute Gasteiger partial charge is 0.372 e. The molecule has 0 amide bonds. The van der Waals surface area contributed by atoms with Crippen LogP contribution in [0.15, 0.2) is 29.5 Å². The first-order chi connectivity index (χ1) is 10.8. The molecule has 0 atom stereocenters. The van der Waals surface area contributed by atoms with Gasteiger partial charge in [0.05, 0.1) is 17.6 Å². The summed E-state index contributed by atoms with van der Waals surface area (Å²) in [6.45, 7) is 1.90. The summed E-state index contributed by atoms with van der Waals surface area (Å²) in [7, 11) is 0. The van der Waals surface area contributed by atoms with E-state index in [1.807, 2.05) is 12.1 Å². The molecule has 0 fully saturated rings. The van der Waals surface area contributed by atoms with Crippen LogP contribution < -0.4 is 5.32 Å². The van der Waals surface area contributed by atoms with E-state index in [1.165, 1.54) is 0 Å². The molecule has 2 heterocycles. The van der Waals surface area contributed by atoms with Gasteiger partial charge in [-0.15, -0.1) is 0 Å². The van der Waals surface area contributed by atoms with E-state index < -0.39 is 0 Å². The van der Waals surface area contributed by atoms with Crippen molar-refractivity contribution in [3.05, 3.63) is 35.3 Å². The minimum absolute atomic E-state index is 0.0725. The maximum Gasteiger partial charge on any atom is 0.163 e. The van der Waals surface area contributed by atoms with E-state index in [0.29, 0.717) is 18.9 Å². The molecule has 0 radical (unpaired) electrons. The van der Waals surface area contributed by atoms with Crippen LogP contribution >= 0.6 is 0 Å². The number of ether oxygens (including phenoxy) is 1. The van der Waals surface area contributed by atoms with Crippen LogP contribution in [0.3, 0.4) is 0 Å². The zero-order valence-corrected chi connectivity index (χ0v) is 11.5. The van der Waals surface area contributed by atoms with Crippen LogP contribution in [0.5, 0.6) is 0 Å². The van der Waals surface area contributed by atoms with Gasteiger partial charge in [0.2, 0.25) is 0 Å². The second-order valence-electron chi connectivity index (χ2n) is 4.65. The maximum absolute atomic E-state index is 9.06. The number of nitriles is 3. The van der Waals surface area contributed by atoms with Gasteiger partial charge >= 0.3 is 0 Å². The highest BCUT2D eigenvalue weighted by Crippen LogP contribution is 2.23. The first-order valence-corrected chi connectivity index (χ1v) is 6.55. The molecule has 0 spiro atoms. The van der Waals surface area contributed by atoms with Crippen LogP contribution in [0.25, 0.3) is 11.0 Å². The molecular formula is C15H10N6O. The summed E-state index contributed by atoms with van der Waals surface area (Å²) in [4.78, 5) is 4.50. The Morgan fingerprint density at radius 2 is 2.05 bits per heavy atom. The summed E-state index contributed by atoms with van der Waals surface area (Å²) in [5.74, 6) is 0.865. The van der Waals surface area contributed by atoms with Gasteiger partial charge in [0.1, 0.15) is 36.3 Å². The van der Waals surface area contributed by atoms with Gasteiger partial charge in [0.25, 0.3) is 0 Å². The predicted molar refractivity (Wildman–Crippen MR) is 76.9 cm³/mol. The van der Waals surface area contributed by atoms with Crippen molar-refractivity contribution < 1.29 is 4.74 Å². The normalized spacial score (nSPS) is 12.6. The molecule has 0 bridgehead atoms. The Kier molecular flexibility index (Phi) is 3.45. The fraction of sp³-hybridized carbons (Fsp3) is 0.200. The van der Waals surface area contributed by atoms with Crippen molar-refractivity contribution in [2.45, 2.75) is 13.2 Å². The summed E-state index contributed by atoms with van der Waals surface area (Å²) in [6.07, 6.45) is 0. The molecule has 22 heavy (non-hydrogen) atoms. The smallest absolute Gasteiger partial charge is 0.163 e. The zero-order chi connectivity index (χ0) is 15.5. The van der Waals surface area contributed by atoms with Gasteiger partial charge in [-0.1, -0.05) is 0 Å². The molecule has 0 saturated heterocycles. The number of allylic oxidation sites excluding steroid dienone is 2. The van der Waals surface area contributed by atoms with Crippen LogP contribution in [0.1, 0.15) is 5.82 Å². The van der Waals surface area contributed by atoms with Crippen molar-refractivity contribution in [3.8, 4) is 18.2 Å². The van der Waals surface area contributed by atoms with Gasteiger partial charge in [0.15, 0.2) is 5.57 Å². The molecule has 2 aromatic rings. The van der Waals surface area contributed by atoms with Crippen LogP contribution in [0.2, 0.25) is 0 Å². The van der Waals surface area contributed by atoms with Crippen molar-refractivity contribution in [1.82, 2.24) is 9.55 Å². The fourth-order valence-corrected chi connectivity index (χ4v) is 2.36. The lowest BCUT2D eigenvalue weighted by atomic mass is 10.2. The molecule has 1 aliphatic rings. The topological polar surface area (TPSA) is 110 Å². The van der Waals surface area contributed by atoms with Crippen molar-refractivity contribution >= 4 is 16.7 Å². The van der Waals surface area contributed by atoms with Crippen molar-refractivity contribution in [1.29, 1.82) is 15.8 Å². The molecule has 1 aromatic carbocycles. The third-order valence-corrected chi connectivity index (χ3v) is 3.37. The molecule has 7 heteroatoms. The average molecular weight is 290 g/mol. The number of anilines is 1. The Bertz CT molecular complexity index is 887. The number of rotatable bonds is 2. The number of fused-ring (bicyclic) bond motifs is 3. The second kappa shape index (κ2) is 5.57. The molecule has 106 valence electrons. The highest BCUT2D eigenvalue weighted by atomic mass is 16.5. The molecule has 0 saturated carbocycles. The van der Waals surface area contributed by atoms with Crippen molar-refractivity contribution in [2.75, 3.05) is 11.9 Å². The summed E-state index contributed by atoms with van der Waals surface area (Å²) in [6, 6.07) is 10.7. The molecule has 7 nitrogen and oxygen atoms in total. The monoisotopic (exact) mass is 290 g/mol. The summed E-state index contributed by atoms with van der Waals surface area (Å²) in [5, 5.41) is 29.5. The van der Waals surface area contributed by atoms with Gasteiger partial charge in [-0.3, -0.25) is 0 Å². The van der Waals surface area contributed by atoms with Crippen LogP contribution in [0, 0.1) is 34.0 Å². The predicted octanol–water partition coefficient (Wildman–Crippen LogP) is 1.80. The second-order valence-corrected chi connectivity index (χ2v) is 4.65. The number of hydrogen-bond donors (Lipinski definition) is 1. The third-order valence-electron chi connectivity index (χ3n) is 3.37. The minimum atomic E-state index is -0.250. The molecule has 3 rings (SSSR count).